The van der Waals surface area contributed by atoms with Gasteiger partial charge in [-0.25, -0.2) is 0 Å². The van der Waals surface area contributed by atoms with Crippen LogP contribution in [-0.4, -0.2) is 0 Å². The molecule has 0 bridgehead atoms. The maximum absolute atomic E-state index is 13.2. The average Bonchev–Trinajstić information content (AvgIpc) is 3.23. The summed E-state index contributed by atoms with van der Waals surface area (Å²) in [6.07, 6.45) is 2.38. The molecule has 0 saturated heterocycles. The lowest BCUT2D eigenvalue weighted by molar-refractivity contribution is 0.296. The molecule has 0 radical (unpaired) electrons. The molecule has 0 amide bonds. The van der Waals surface area contributed by atoms with E-state index in [-0.39, 0.29) is 17.8 Å². The molecule has 4 aromatic rings. The highest BCUT2D eigenvalue weighted by molar-refractivity contribution is 9.10. The summed E-state index contributed by atoms with van der Waals surface area (Å²) in [7, 11) is 0. The number of rotatable bonds is 5. The Kier molecular flexibility index (Phi) is 4.86. The van der Waals surface area contributed by atoms with Crippen molar-refractivity contribution in [1.29, 1.82) is 0 Å². The average molecular weight is 425 g/mol. The van der Waals surface area contributed by atoms with E-state index < -0.39 is 0 Å². The minimum absolute atomic E-state index is 0.161. The van der Waals surface area contributed by atoms with E-state index in [1.165, 1.54) is 6.26 Å². The third-order valence-corrected chi connectivity index (χ3v) is 4.89. The second kappa shape index (κ2) is 7.45. The van der Waals surface area contributed by atoms with Crippen LogP contribution in [0, 0.1) is 0 Å². The van der Waals surface area contributed by atoms with Gasteiger partial charge >= 0.3 is 0 Å². The molecule has 0 saturated carbocycles. The highest BCUT2D eigenvalue weighted by atomic mass is 79.9. The van der Waals surface area contributed by atoms with Gasteiger partial charge in [0.15, 0.2) is 5.76 Å². The minimum Gasteiger partial charge on any atom is -0.481 e. The highest BCUT2D eigenvalue weighted by Gasteiger charge is 2.20. The van der Waals surface area contributed by atoms with Gasteiger partial charge in [0.25, 0.3) is 0 Å². The normalized spacial score (nSPS) is 11.0. The van der Waals surface area contributed by atoms with Gasteiger partial charge < -0.3 is 13.6 Å². The number of aryl methyl sites for hydroxylation is 1. The van der Waals surface area contributed by atoms with Gasteiger partial charge in [0.05, 0.1) is 11.6 Å². The van der Waals surface area contributed by atoms with E-state index in [0.717, 1.165) is 22.0 Å². The zero-order valence-electron chi connectivity index (χ0n) is 14.7. The molecule has 27 heavy (non-hydrogen) atoms. The van der Waals surface area contributed by atoms with E-state index >= 15 is 0 Å². The Bertz CT molecular complexity index is 1130. The first-order chi connectivity index (χ1) is 13.2. The Labute approximate surface area is 164 Å². The Hall–Kier alpha value is -2.79. The topological polar surface area (TPSA) is 52.6 Å². The van der Waals surface area contributed by atoms with Gasteiger partial charge in [-0.3, -0.25) is 4.79 Å². The molecule has 0 fully saturated rings. The predicted molar refractivity (Wildman–Crippen MR) is 108 cm³/mol. The summed E-state index contributed by atoms with van der Waals surface area (Å²) in [5.74, 6) is 0.923. The van der Waals surface area contributed by atoms with Crippen LogP contribution in [-0.2, 0) is 13.0 Å². The molecule has 0 N–H and O–H groups in total. The lowest BCUT2D eigenvalue weighted by Gasteiger charge is -2.11. The predicted octanol–water partition coefficient (Wildman–Crippen LogP) is 5.96. The van der Waals surface area contributed by atoms with Gasteiger partial charge in [-0.2, -0.15) is 0 Å². The van der Waals surface area contributed by atoms with Crippen LogP contribution in [0.4, 0.5) is 0 Å². The molecule has 0 spiro atoms. The van der Waals surface area contributed by atoms with Gasteiger partial charge in [-0.05, 0) is 53.9 Å². The zero-order chi connectivity index (χ0) is 18.8. The molecule has 4 nitrogen and oxygen atoms in total. The zero-order valence-corrected chi connectivity index (χ0v) is 16.3. The van der Waals surface area contributed by atoms with Crippen molar-refractivity contribution in [3.8, 4) is 17.3 Å². The summed E-state index contributed by atoms with van der Waals surface area (Å²) in [5, 5.41) is 0.510. The van der Waals surface area contributed by atoms with Crippen LogP contribution in [0.3, 0.4) is 0 Å². The van der Waals surface area contributed by atoms with E-state index in [9.17, 15) is 4.79 Å². The quantitative estimate of drug-likeness (QED) is 0.396. The van der Waals surface area contributed by atoms with Gasteiger partial charge in [0.2, 0.25) is 16.9 Å². The molecule has 0 atom stereocenters. The molecule has 0 aliphatic rings. The second-order valence-corrected chi connectivity index (χ2v) is 7.08. The van der Waals surface area contributed by atoms with Gasteiger partial charge in [-0.15, -0.1) is 0 Å². The third-order valence-electron chi connectivity index (χ3n) is 4.36. The maximum atomic E-state index is 13.2. The van der Waals surface area contributed by atoms with Crippen molar-refractivity contribution >= 4 is 26.9 Å². The van der Waals surface area contributed by atoms with Crippen LogP contribution in [0.15, 0.2) is 79.0 Å². The van der Waals surface area contributed by atoms with Gasteiger partial charge in [0, 0.05) is 4.47 Å². The number of hydrogen-bond donors (Lipinski definition) is 0. The van der Waals surface area contributed by atoms with Crippen molar-refractivity contribution in [2.45, 2.75) is 20.0 Å². The molecule has 2 aromatic heterocycles. The Morgan fingerprint density at radius 1 is 1.04 bits per heavy atom. The summed E-state index contributed by atoms with van der Waals surface area (Å²) in [4.78, 5) is 13.2. The number of hydrogen-bond acceptors (Lipinski definition) is 4. The summed E-state index contributed by atoms with van der Waals surface area (Å²) >= 11 is 3.41. The monoisotopic (exact) mass is 424 g/mol. The SMILES string of the molecule is CCc1ccc2oc(-c3ccco3)c(OCc3ccc(Br)cc3)c(=O)c2c1. The van der Waals surface area contributed by atoms with Crippen LogP contribution >= 0.6 is 15.9 Å². The van der Waals surface area contributed by atoms with Crippen molar-refractivity contribution in [3.63, 3.8) is 0 Å². The van der Waals surface area contributed by atoms with Crippen molar-refractivity contribution < 1.29 is 13.6 Å². The van der Waals surface area contributed by atoms with Crippen molar-refractivity contribution in [2.24, 2.45) is 0 Å². The molecule has 136 valence electrons. The van der Waals surface area contributed by atoms with Crippen LogP contribution in [0.2, 0.25) is 0 Å². The lowest BCUT2D eigenvalue weighted by atomic mass is 10.1. The molecular weight excluding hydrogens is 408 g/mol. The van der Waals surface area contributed by atoms with Crippen molar-refractivity contribution in [2.75, 3.05) is 0 Å². The van der Waals surface area contributed by atoms with Crippen LogP contribution in [0.5, 0.6) is 5.75 Å². The number of halogens is 1. The smallest absolute Gasteiger partial charge is 0.235 e. The van der Waals surface area contributed by atoms with Crippen LogP contribution in [0.25, 0.3) is 22.5 Å². The molecule has 4 rings (SSSR count). The fourth-order valence-electron chi connectivity index (χ4n) is 2.88. The fourth-order valence-corrected chi connectivity index (χ4v) is 3.15. The minimum atomic E-state index is -0.199. The summed E-state index contributed by atoms with van der Waals surface area (Å²) in [6.45, 7) is 2.30. The molecule has 0 aliphatic heterocycles. The molecule has 2 heterocycles. The lowest BCUT2D eigenvalue weighted by Crippen LogP contribution is -2.10. The van der Waals surface area contributed by atoms with E-state index in [2.05, 4.69) is 15.9 Å². The Morgan fingerprint density at radius 3 is 2.52 bits per heavy atom. The third kappa shape index (κ3) is 3.55. The van der Waals surface area contributed by atoms with E-state index in [1.54, 1.807) is 12.1 Å². The molecule has 5 heteroatoms. The van der Waals surface area contributed by atoms with E-state index in [0.29, 0.717) is 22.5 Å². The van der Waals surface area contributed by atoms with Gasteiger partial charge in [-0.1, -0.05) is 41.1 Å². The standard InChI is InChI=1S/C22H17BrO4/c1-2-14-7-10-18-17(12-14)20(24)22(21(27-18)19-4-3-11-25-19)26-13-15-5-8-16(23)9-6-15/h3-12H,2,13H2,1H3. The molecule has 0 unspecified atom stereocenters. The Morgan fingerprint density at radius 2 is 1.81 bits per heavy atom. The summed E-state index contributed by atoms with van der Waals surface area (Å²) in [6, 6.07) is 16.9. The molecular formula is C22H17BrO4. The first-order valence-electron chi connectivity index (χ1n) is 8.66. The van der Waals surface area contributed by atoms with Gasteiger partial charge in [0.1, 0.15) is 12.2 Å². The van der Waals surface area contributed by atoms with Crippen molar-refractivity contribution in [1.82, 2.24) is 0 Å². The summed E-state index contributed by atoms with van der Waals surface area (Å²) in [5.41, 5.74) is 2.33. The number of benzene rings is 2. The maximum Gasteiger partial charge on any atom is 0.235 e. The fraction of sp³-hybridized carbons (Fsp3) is 0.136. The first-order valence-corrected chi connectivity index (χ1v) is 9.46. The highest BCUT2D eigenvalue weighted by Crippen LogP contribution is 2.32. The number of furan rings is 1. The summed E-state index contributed by atoms with van der Waals surface area (Å²) < 4.78 is 18.4. The van der Waals surface area contributed by atoms with Crippen LogP contribution < -0.4 is 10.2 Å². The molecule has 0 aliphatic carbocycles. The Balaban J connectivity index is 1.82. The first kappa shape index (κ1) is 17.6. The largest absolute Gasteiger partial charge is 0.481 e. The van der Waals surface area contributed by atoms with E-state index in [4.69, 9.17) is 13.6 Å². The number of ether oxygens (including phenoxy) is 1. The second-order valence-electron chi connectivity index (χ2n) is 6.17. The van der Waals surface area contributed by atoms with E-state index in [1.807, 2.05) is 49.4 Å². The molecule has 2 aromatic carbocycles. The number of fused-ring (bicyclic) bond motifs is 1. The van der Waals surface area contributed by atoms with Crippen LogP contribution in [0.1, 0.15) is 18.1 Å². The van der Waals surface area contributed by atoms with Crippen molar-refractivity contribution in [3.05, 3.63) is 86.7 Å².